The Morgan fingerprint density at radius 2 is 1.77 bits per heavy atom. The molecule has 1 heterocycles. The van der Waals surface area contributed by atoms with Gasteiger partial charge in [-0.05, 0) is 48.2 Å². The molecule has 31 heavy (non-hydrogen) atoms. The van der Waals surface area contributed by atoms with Gasteiger partial charge in [0.15, 0.2) is 0 Å². The van der Waals surface area contributed by atoms with Gasteiger partial charge in [-0.15, -0.1) is 0 Å². The fraction of sp³-hybridized carbons (Fsp3) is 0.320. The first-order chi connectivity index (χ1) is 15.1. The van der Waals surface area contributed by atoms with Gasteiger partial charge >= 0.3 is 0 Å². The molecule has 3 N–H and O–H groups in total. The Hall–Kier alpha value is -2.92. The molecular weight excluding hydrogens is 408 g/mol. The Morgan fingerprint density at radius 1 is 1.06 bits per heavy atom. The van der Waals surface area contributed by atoms with E-state index in [-0.39, 0.29) is 12.3 Å². The number of amidine groups is 1. The van der Waals surface area contributed by atoms with Gasteiger partial charge in [-0.25, -0.2) is 4.99 Å². The maximum absolute atomic E-state index is 12.7. The molecule has 1 fully saturated rings. The molecule has 0 spiro atoms. The van der Waals surface area contributed by atoms with Crippen LogP contribution in [0.25, 0.3) is 5.70 Å². The number of rotatable bonds is 5. The van der Waals surface area contributed by atoms with Gasteiger partial charge in [0, 0.05) is 16.3 Å². The Balaban J connectivity index is 1.54. The Kier molecular flexibility index (Phi) is 6.82. The number of carbonyl (C=O) groups is 1. The van der Waals surface area contributed by atoms with E-state index in [9.17, 15) is 4.79 Å². The number of hydrogen-bond acceptors (Lipinski definition) is 4. The number of halogens is 1. The quantitative estimate of drug-likeness (QED) is 0.645. The van der Waals surface area contributed by atoms with E-state index in [4.69, 9.17) is 22.3 Å². The summed E-state index contributed by atoms with van der Waals surface area (Å²) in [5, 5.41) is 3.68. The number of nitrogen functional groups attached to an aromatic ring is 1. The van der Waals surface area contributed by atoms with Crippen LogP contribution >= 0.6 is 11.6 Å². The third kappa shape index (κ3) is 5.82. The van der Waals surface area contributed by atoms with Crippen molar-refractivity contribution < 1.29 is 4.79 Å². The zero-order valence-electron chi connectivity index (χ0n) is 17.5. The number of nitrogens with two attached hydrogens (primary N) is 1. The van der Waals surface area contributed by atoms with Crippen molar-refractivity contribution in [2.45, 2.75) is 38.5 Å². The highest BCUT2D eigenvalue weighted by molar-refractivity contribution is 6.44. The SMILES string of the molecule is Nc1ccc(C2=CCN=C(NC(=O)Cc3ccc(Cl)cc3)C(CC3CCCC3)=N2)cc1. The second-order valence-electron chi connectivity index (χ2n) is 8.17. The molecule has 6 heteroatoms. The molecule has 2 aromatic carbocycles. The van der Waals surface area contributed by atoms with E-state index in [1.807, 2.05) is 42.5 Å². The fourth-order valence-electron chi connectivity index (χ4n) is 4.10. The van der Waals surface area contributed by atoms with Gasteiger partial charge in [0.25, 0.3) is 0 Å². The fourth-order valence-corrected chi connectivity index (χ4v) is 4.23. The first-order valence-corrected chi connectivity index (χ1v) is 11.2. The monoisotopic (exact) mass is 434 g/mol. The summed E-state index contributed by atoms with van der Waals surface area (Å²) in [6.45, 7) is 0.466. The average molecular weight is 435 g/mol. The molecular formula is C25H27ClN4O. The first kappa shape index (κ1) is 21.3. The first-order valence-electron chi connectivity index (χ1n) is 10.8. The topological polar surface area (TPSA) is 79.8 Å². The predicted octanol–water partition coefficient (Wildman–Crippen LogP) is 5.06. The number of benzene rings is 2. The molecule has 2 aliphatic rings. The van der Waals surface area contributed by atoms with Gasteiger partial charge in [-0.1, -0.05) is 61.5 Å². The van der Waals surface area contributed by atoms with E-state index in [0.717, 1.165) is 34.6 Å². The molecule has 1 amide bonds. The predicted molar refractivity (Wildman–Crippen MR) is 128 cm³/mol. The molecule has 160 valence electrons. The molecule has 1 aliphatic carbocycles. The maximum atomic E-state index is 12.7. The molecule has 0 saturated heterocycles. The lowest BCUT2D eigenvalue weighted by atomic mass is 9.99. The van der Waals surface area contributed by atoms with Crippen LogP contribution in [0, 0.1) is 5.92 Å². The van der Waals surface area contributed by atoms with E-state index in [1.165, 1.54) is 25.7 Å². The van der Waals surface area contributed by atoms with Crippen LogP contribution in [0.2, 0.25) is 5.02 Å². The molecule has 0 unspecified atom stereocenters. The summed E-state index contributed by atoms with van der Waals surface area (Å²) in [4.78, 5) is 22.4. The van der Waals surface area contributed by atoms with Crippen LogP contribution in [-0.4, -0.2) is 24.0 Å². The molecule has 5 nitrogen and oxygen atoms in total. The zero-order chi connectivity index (χ0) is 21.6. The third-order valence-corrected chi connectivity index (χ3v) is 6.01. The highest BCUT2D eigenvalue weighted by atomic mass is 35.5. The number of amides is 1. The second kappa shape index (κ2) is 9.92. The van der Waals surface area contributed by atoms with E-state index in [2.05, 4.69) is 10.3 Å². The minimum absolute atomic E-state index is 0.101. The highest BCUT2D eigenvalue weighted by Gasteiger charge is 2.23. The van der Waals surface area contributed by atoms with Crippen molar-refractivity contribution in [1.29, 1.82) is 0 Å². The average Bonchev–Trinajstić information content (AvgIpc) is 3.19. The van der Waals surface area contributed by atoms with E-state index >= 15 is 0 Å². The van der Waals surface area contributed by atoms with Gasteiger partial charge in [-0.2, -0.15) is 0 Å². The summed E-state index contributed by atoms with van der Waals surface area (Å²) < 4.78 is 0. The van der Waals surface area contributed by atoms with Crippen LogP contribution in [0.5, 0.6) is 0 Å². The van der Waals surface area contributed by atoms with Crippen LogP contribution in [-0.2, 0) is 11.2 Å². The largest absolute Gasteiger partial charge is 0.399 e. The van der Waals surface area contributed by atoms with Crippen LogP contribution in [0.3, 0.4) is 0 Å². The normalized spacial score (nSPS) is 16.9. The minimum Gasteiger partial charge on any atom is -0.399 e. The van der Waals surface area contributed by atoms with E-state index < -0.39 is 0 Å². The highest BCUT2D eigenvalue weighted by Crippen LogP contribution is 2.29. The lowest BCUT2D eigenvalue weighted by Crippen LogP contribution is -2.38. The molecule has 0 radical (unpaired) electrons. The molecule has 0 bridgehead atoms. The van der Waals surface area contributed by atoms with Crippen molar-refractivity contribution in [1.82, 2.24) is 5.32 Å². The second-order valence-corrected chi connectivity index (χ2v) is 8.60. The summed E-state index contributed by atoms with van der Waals surface area (Å²) in [6.07, 6.45) is 8.01. The van der Waals surface area contributed by atoms with Crippen molar-refractivity contribution in [2.75, 3.05) is 12.3 Å². The summed E-state index contributed by atoms with van der Waals surface area (Å²) in [6, 6.07) is 15.0. The van der Waals surface area contributed by atoms with Crippen LogP contribution < -0.4 is 11.1 Å². The molecule has 1 saturated carbocycles. The van der Waals surface area contributed by atoms with Crippen LogP contribution in [0.4, 0.5) is 5.69 Å². The molecule has 1 aliphatic heterocycles. The number of hydrogen-bond donors (Lipinski definition) is 2. The van der Waals surface area contributed by atoms with Gasteiger partial charge in [-0.3, -0.25) is 9.79 Å². The van der Waals surface area contributed by atoms with Crippen molar-refractivity contribution >= 4 is 40.4 Å². The van der Waals surface area contributed by atoms with Gasteiger partial charge in [0.05, 0.1) is 24.4 Å². The number of aliphatic imine (C=N–C) groups is 2. The van der Waals surface area contributed by atoms with Gasteiger partial charge < -0.3 is 11.1 Å². The van der Waals surface area contributed by atoms with Crippen LogP contribution in [0.1, 0.15) is 43.2 Å². The number of nitrogens with one attached hydrogen (secondary N) is 1. The standard InChI is InChI=1S/C25H27ClN4O/c26-20-9-5-18(6-10-20)16-24(31)30-25-23(15-17-3-1-2-4-17)29-22(13-14-28-25)19-7-11-21(27)12-8-19/h5-13,17H,1-4,14-16,27H2,(H,28,30,31). The Bertz CT molecular complexity index is 1020. The van der Waals surface area contributed by atoms with Gasteiger partial charge in [0.2, 0.25) is 5.91 Å². The summed E-state index contributed by atoms with van der Waals surface area (Å²) >= 11 is 5.95. The third-order valence-electron chi connectivity index (χ3n) is 5.76. The maximum Gasteiger partial charge on any atom is 0.229 e. The lowest BCUT2D eigenvalue weighted by Gasteiger charge is -2.15. The smallest absolute Gasteiger partial charge is 0.229 e. The Morgan fingerprint density at radius 3 is 2.48 bits per heavy atom. The molecule has 2 aromatic rings. The summed E-state index contributed by atoms with van der Waals surface area (Å²) in [7, 11) is 0. The minimum atomic E-state index is -0.101. The number of anilines is 1. The van der Waals surface area contributed by atoms with Gasteiger partial charge in [0.1, 0.15) is 5.84 Å². The summed E-state index contributed by atoms with van der Waals surface area (Å²) in [5.74, 6) is 1.08. The van der Waals surface area contributed by atoms with Crippen molar-refractivity contribution in [3.8, 4) is 0 Å². The lowest BCUT2D eigenvalue weighted by molar-refractivity contribution is -0.119. The van der Waals surface area contributed by atoms with Crippen molar-refractivity contribution in [2.24, 2.45) is 15.9 Å². The van der Waals surface area contributed by atoms with Crippen LogP contribution in [0.15, 0.2) is 64.6 Å². The molecule has 0 atom stereocenters. The zero-order valence-corrected chi connectivity index (χ0v) is 18.2. The van der Waals surface area contributed by atoms with Crippen molar-refractivity contribution in [3.05, 3.63) is 70.8 Å². The number of nitrogens with zero attached hydrogens (tertiary/aromatic N) is 2. The van der Waals surface area contributed by atoms with E-state index in [0.29, 0.717) is 23.3 Å². The Labute approximate surface area is 188 Å². The van der Waals surface area contributed by atoms with Crippen molar-refractivity contribution in [3.63, 3.8) is 0 Å². The summed E-state index contributed by atoms with van der Waals surface area (Å²) in [5.41, 5.74) is 10.2. The van der Waals surface area contributed by atoms with E-state index in [1.54, 1.807) is 12.1 Å². The number of carbonyl (C=O) groups excluding carboxylic acids is 1. The molecule has 0 aromatic heterocycles. The molecule has 4 rings (SSSR count).